The Hall–Kier alpha value is -2.68. The summed E-state index contributed by atoms with van der Waals surface area (Å²) in [6, 6.07) is 3.41. The van der Waals surface area contributed by atoms with Crippen molar-refractivity contribution in [3.05, 3.63) is 22.6 Å². The van der Waals surface area contributed by atoms with Gasteiger partial charge < -0.3 is 19.5 Å². The fourth-order valence-electron chi connectivity index (χ4n) is 3.13. The highest BCUT2D eigenvalue weighted by Gasteiger charge is 2.35. The predicted octanol–water partition coefficient (Wildman–Crippen LogP) is 2.67. The van der Waals surface area contributed by atoms with Crippen molar-refractivity contribution in [1.82, 2.24) is 10.2 Å². The molecule has 0 aromatic heterocycles. The molecule has 1 saturated carbocycles. The van der Waals surface area contributed by atoms with E-state index in [0.29, 0.717) is 27.7 Å². The average molecular weight is 420 g/mol. The van der Waals surface area contributed by atoms with Crippen molar-refractivity contribution in [2.75, 3.05) is 34.4 Å². The molecule has 2 aliphatic rings. The number of benzene rings is 1. The van der Waals surface area contributed by atoms with Gasteiger partial charge in [0.15, 0.2) is 11.5 Å². The van der Waals surface area contributed by atoms with Gasteiger partial charge in [0.1, 0.15) is 0 Å². The average Bonchev–Trinajstić information content (AvgIpc) is 2.93. The molecule has 29 heavy (non-hydrogen) atoms. The maximum Gasteiger partial charge on any atom is 0.293 e. The molecular formula is C20H24N2O6S. The minimum atomic E-state index is -0.383. The van der Waals surface area contributed by atoms with E-state index < -0.39 is 0 Å². The zero-order valence-corrected chi connectivity index (χ0v) is 17.5. The fraction of sp³-hybridized carbons (Fsp3) is 0.450. The second-order valence-electron chi connectivity index (χ2n) is 6.71. The van der Waals surface area contributed by atoms with E-state index in [-0.39, 0.29) is 36.1 Å². The van der Waals surface area contributed by atoms with Crippen molar-refractivity contribution in [3.63, 3.8) is 0 Å². The van der Waals surface area contributed by atoms with E-state index in [0.717, 1.165) is 35.9 Å². The Balaban J connectivity index is 1.69. The zero-order chi connectivity index (χ0) is 21.0. The van der Waals surface area contributed by atoms with Gasteiger partial charge in [-0.05, 0) is 48.4 Å². The van der Waals surface area contributed by atoms with Crippen LogP contribution in [0, 0.1) is 5.92 Å². The highest BCUT2D eigenvalue weighted by molar-refractivity contribution is 8.18. The van der Waals surface area contributed by atoms with Gasteiger partial charge in [-0.2, -0.15) is 0 Å². The molecule has 156 valence electrons. The standard InChI is InChI=1S/C20H24N2O6S/c1-26-14-9-12(10-15(27-2)17(14)28-3)11-16-19(24)22(20(25)29-16)8-7-21-18(23)13-5-4-6-13/h9-11,13H,4-8H2,1-3H3,(H,21,23)/b16-11-. The number of hydrogen-bond donors (Lipinski definition) is 1. The highest BCUT2D eigenvalue weighted by Crippen LogP contribution is 2.40. The highest BCUT2D eigenvalue weighted by atomic mass is 32.2. The topological polar surface area (TPSA) is 94.2 Å². The first-order valence-electron chi connectivity index (χ1n) is 9.31. The van der Waals surface area contributed by atoms with Crippen LogP contribution in [0.1, 0.15) is 24.8 Å². The number of carbonyl (C=O) groups excluding carboxylic acids is 3. The van der Waals surface area contributed by atoms with Gasteiger partial charge in [-0.3, -0.25) is 19.3 Å². The molecule has 8 nitrogen and oxygen atoms in total. The lowest BCUT2D eigenvalue weighted by Gasteiger charge is -2.24. The van der Waals surface area contributed by atoms with Gasteiger partial charge in [0.2, 0.25) is 11.7 Å². The maximum absolute atomic E-state index is 12.6. The third kappa shape index (κ3) is 4.50. The van der Waals surface area contributed by atoms with Crippen LogP contribution in [0.4, 0.5) is 4.79 Å². The smallest absolute Gasteiger partial charge is 0.293 e. The van der Waals surface area contributed by atoms with Crippen molar-refractivity contribution < 1.29 is 28.6 Å². The Kier molecular flexibility index (Phi) is 6.68. The van der Waals surface area contributed by atoms with Crippen LogP contribution in [0.25, 0.3) is 6.08 Å². The molecule has 1 aliphatic heterocycles. The minimum absolute atomic E-state index is 0.00353. The summed E-state index contributed by atoms with van der Waals surface area (Å²) in [5, 5.41) is 2.44. The molecular weight excluding hydrogens is 396 g/mol. The van der Waals surface area contributed by atoms with E-state index in [2.05, 4.69) is 5.32 Å². The Morgan fingerprint density at radius 2 is 1.83 bits per heavy atom. The first-order valence-corrected chi connectivity index (χ1v) is 10.1. The third-order valence-corrected chi connectivity index (χ3v) is 5.88. The van der Waals surface area contributed by atoms with E-state index in [9.17, 15) is 14.4 Å². The largest absolute Gasteiger partial charge is 0.493 e. The van der Waals surface area contributed by atoms with Crippen LogP contribution in [-0.2, 0) is 9.59 Å². The molecule has 0 bridgehead atoms. The van der Waals surface area contributed by atoms with Crippen LogP contribution in [0.3, 0.4) is 0 Å². The molecule has 0 radical (unpaired) electrons. The molecule has 3 rings (SSSR count). The minimum Gasteiger partial charge on any atom is -0.493 e. The van der Waals surface area contributed by atoms with Gasteiger partial charge in [-0.1, -0.05) is 6.42 Å². The Labute approximate surface area is 173 Å². The Morgan fingerprint density at radius 3 is 2.34 bits per heavy atom. The number of hydrogen-bond acceptors (Lipinski definition) is 7. The molecule has 0 spiro atoms. The summed E-state index contributed by atoms with van der Waals surface area (Å²) in [7, 11) is 4.52. The summed E-state index contributed by atoms with van der Waals surface area (Å²) in [5.41, 5.74) is 0.642. The number of ether oxygens (including phenoxy) is 3. The lowest BCUT2D eigenvalue weighted by atomic mass is 9.85. The lowest BCUT2D eigenvalue weighted by Crippen LogP contribution is -2.40. The predicted molar refractivity (Wildman–Crippen MR) is 109 cm³/mol. The van der Waals surface area contributed by atoms with E-state index in [1.54, 1.807) is 18.2 Å². The van der Waals surface area contributed by atoms with Gasteiger partial charge in [-0.15, -0.1) is 0 Å². The third-order valence-electron chi connectivity index (χ3n) is 4.97. The summed E-state index contributed by atoms with van der Waals surface area (Å²) in [6.45, 7) is 0.403. The molecule has 1 aromatic rings. The summed E-state index contributed by atoms with van der Waals surface area (Å²) < 4.78 is 15.9. The Bertz CT molecular complexity index is 824. The molecule has 1 saturated heterocycles. The van der Waals surface area contributed by atoms with Crippen LogP contribution < -0.4 is 19.5 Å². The number of methoxy groups -OCH3 is 3. The van der Waals surface area contributed by atoms with Gasteiger partial charge in [0.05, 0.1) is 26.2 Å². The van der Waals surface area contributed by atoms with Crippen molar-refractivity contribution in [1.29, 1.82) is 0 Å². The van der Waals surface area contributed by atoms with Gasteiger partial charge in [0.25, 0.3) is 11.1 Å². The number of thioether (sulfide) groups is 1. The van der Waals surface area contributed by atoms with Crippen molar-refractivity contribution in [2.24, 2.45) is 5.92 Å². The van der Waals surface area contributed by atoms with Crippen LogP contribution in [0.2, 0.25) is 0 Å². The molecule has 9 heteroatoms. The van der Waals surface area contributed by atoms with Crippen LogP contribution >= 0.6 is 11.8 Å². The van der Waals surface area contributed by atoms with Crippen molar-refractivity contribution in [2.45, 2.75) is 19.3 Å². The molecule has 0 unspecified atom stereocenters. The second-order valence-corrected chi connectivity index (χ2v) is 7.70. The van der Waals surface area contributed by atoms with E-state index >= 15 is 0 Å². The Morgan fingerprint density at radius 1 is 1.17 bits per heavy atom. The number of carbonyl (C=O) groups is 3. The monoisotopic (exact) mass is 420 g/mol. The van der Waals surface area contributed by atoms with Crippen LogP contribution in [0.15, 0.2) is 17.0 Å². The molecule has 2 fully saturated rings. The first kappa shape index (κ1) is 21.0. The summed E-state index contributed by atoms with van der Waals surface area (Å²) >= 11 is 0.867. The van der Waals surface area contributed by atoms with Gasteiger partial charge >= 0.3 is 0 Å². The molecule has 1 aliphatic carbocycles. The lowest BCUT2D eigenvalue weighted by molar-refractivity contribution is -0.128. The quantitative estimate of drug-likeness (QED) is 0.646. The zero-order valence-electron chi connectivity index (χ0n) is 16.6. The summed E-state index contributed by atoms with van der Waals surface area (Å²) in [6.07, 6.45) is 4.51. The normalized spacial score (nSPS) is 18.0. The second kappa shape index (κ2) is 9.21. The number of rotatable bonds is 8. The van der Waals surface area contributed by atoms with Crippen LogP contribution in [0.5, 0.6) is 17.2 Å². The van der Waals surface area contributed by atoms with Crippen molar-refractivity contribution >= 4 is 34.9 Å². The van der Waals surface area contributed by atoms with E-state index in [1.165, 1.54) is 21.3 Å². The molecule has 1 heterocycles. The maximum atomic E-state index is 12.6. The molecule has 3 amide bonds. The molecule has 1 N–H and O–H groups in total. The van der Waals surface area contributed by atoms with E-state index in [1.807, 2.05) is 0 Å². The molecule has 0 atom stereocenters. The van der Waals surface area contributed by atoms with Gasteiger partial charge in [0, 0.05) is 19.0 Å². The number of nitrogens with one attached hydrogen (secondary N) is 1. The number of nitrogens with zero attached hydrogens (tertiary/aromatic N) is 1. The first-order chi connectivity index (χ1) is 14.0. The van der Waals surface area contributed by atoms with E-state index in [4.69, 9.17) is 14.2 Å². The van der Waals surface area contributed by atoms with Crippen LogP contribution in [-0.4, -0.2) is 56.4 Å². The van der Waals surface area contributed by atoms with Gasteiger partial charge in [-0.25, -0.2) is 0 Å². The fourth-order valence-corrected chi connectivity index (χ4v) is 4.00. The number of amides is 3. The SMILES string of the molecule is COc1cc(/C=C2\SC(=O)N(CCNC(=O)C3CCC3)C2=O)cc(OC)c1OC. The number of imide groups is 1. The molecule has 1 aromatic carbocycles. The summed E-state index contributed by atoms with van der Waals surface area (Å²) in [4.78, 5) is 38.2. The summed E-state index contributed by atoms with van der Waals surface area (Å²) in [5.74, 6) is 1.04. The van der Waals surface area contributed by atoms with Crippen molar-refractivity contribution in [3.8, 4) is 17.2 Å².